The molecule has 15 heavy (non-hydrogen) atoms. The Bertz CT molecular complexity index is 244. The molecule has 0 rings (SSSR count). The van der Waals surface area contributed by atoms with Crippen LogP contribution in [0.3, 0.4) is 0 Å². The van der Waals surface area contributed by atoms with Gasteiger partial charge in [0, 0.05) is 5.92 Å². The molecule has 0 aliphatic rings. The van der Waals surface area contributed by atoms with Crippen molar-refractivity contribution in [1.82, 2.24) is 0 Å². The van der Waals surface area contributed by atoms with Crippen LogP contribution in [-0.4, -0.2) is 24.1 Å². The molecule has 0 fully saturated rings. The predicted molar refractivity (Wildman–Crippen MR) is 60.3 cm³/mol. The molecule has 0 unspecified atom stereocenters. The maximum Gasteiger partial charge on any atom is 0.355 e. The van der Waals surface area contributed by atoms with Gasteiger partial charge in [0.1, 0.15) is 0 Å². The van der Waals surface area contributed by atoms with E-state index in [0.717, 1.165) is 0 Å². The van der Waals surface area contributed by atoms with E-state index >= 15 is 0 Å². The van der Waals surface area contributed by atoms with Gasteiger partial charge in [0.2, 0.25) is 0 Å². The quantitative estimate of drug-likeness (QED) is 0.519. The monoisotopic (exact) mass is 256 g/mol. The van der Waals surface area contributed by atoms with Crippen molar-refractivity contribution in [2.75, 3.05) is 13.2 Å². The molecule has 0 saturated heterocycles. The molecule has 0 aromatic heterocycles. The van der Waals surface area contributed by atoms with Gasteiger partial charge in [-0.3, -0.25) is 9.36 Å². The van der Waals surface area contributed by atoms with Gasteiger partial charge in [0.05, 0.1) is 13.2 Å². The Labute approximate surface area is 95.8 Å². The van der Waals surface area contributed by atoms with Crippen LogP contribution in [0.25, 0.3) is 0 Å². The minimum absolute atomic E-state index is 0.200. The van der Waals surface area contributed by atoms with Gasteiger partial charge in [-0.05, 0) is 13.8 Å². The van der Waals surface area contributed by atoms with Crippen LogP contribution in [-0.2, 0) is 18.4 Å². The molecule has 0 spiro atoms. The molecule has 0 heterocycles. The number of ketones is 1. The number of hydrogen-bond acceptors (Lipinski definition) is 4. The Morgan fingerprint density at radius 1 is 1.27 bits per heavy atom. The Morgan fingerprint density at radius 3 is 1.93 bits per heavy atom. The van der Waals surface area contributed by atoms with Gasteiger partial charge in [-0.15, -0.1) is 11.6 Å². The maximum absolute atomic E-state index is 12.1. The molecule has 0 N–H and O–H groups in total. The van der Waals surface area contributed by atoms with Gasteiger partial charge < -0.3 is 9.05 Å². The number of halogens is 1. The second-order valence-corrected chi connectivity index (χ2v) is 6.12. The van der Waals surface area contributed by atoms with Gasteiger partial charge in [-0.2, -0.15) is 0 Å². The number of Topliss-reactive ketones (excluding diaryl/α,β-unsaturated/α-hetero) is 1. The summed E-state index contributed by atoms with van der Waals surface area (Å²) in [6.07, 6.45) is 0. The van der Waals surface area contributed by atoms with Gasteiger partial charge in [-0.1, -0.05) is 13.8 Å². The van der Waals surface area contributed by atoms with Crippen LogP contribution < -0.4 is 0 Å². The average Bonchev–Trinajstić information content (AvgIpc) is 2.16. The molecule has 0 bridgehead atoms. The van der Waals surface area contributed by atoms with E-state index in [1.165, 1.54) is 0 Å². The summed E-state index contributed by atoms with van der Waals surface area (Å²) in [5.41, 5.74) is 0. The van der Waals surface area contributed by atoms with Crippen molar-refractivity contribution in [3.8, 4) is 0 Å². The number of hydrogen-bond donors (Lipinski definition) is 0. The zero-order valence-corrected chi connectivity index (χ0v) is 11.2. The first-order valence-electron chi connectivity index (χ1n) is 4.95. The van der Waals surface area contributed by atoms with E-state index in [9.17, 15) is 9.36 Å². The van der Waals surface area contributed by atoms with Crippen molar-refractivity contribution in [3.63, 3.8) is 0 Å². The Hall–Kier alpha value is 0.110. The fourth-order valence-electron chi connectivity index (χ4n) is 0.959. The number of alkyl halides is 1. The second-order valence-electron chi connectivity index (χ2n) is 3.27. The molecule has 0 radical (unpaired) electrons. The van der Waals surface area contributed by atoms with Gasteiger partial charge >= 0.3 is 7.60 Å². The topological polar surface area (TPSA) is 52.6 Å². The molecule has 1 atom stereocenters. The third-order valence-electron chi connectivity index (χ3n) is 1.70. The highest BCUT2D eigenvalue weighted by Gasteiger charge is 2.40. The molecule has 4 nitrogen and oxygen atoms in total. The van der Waals surface area contributed by atoms with Crippen molar-refractivity contribution in [2.24, 2.45) is 5.92 Å². The van der Waals surface area contributed by atoms with E-state index in [-0.39, 0.29) is 24.9 Å². The highest BCUT2D eigenvalue weighted by molar-refractivity contribution is 7.57. The van der Waals surface area contributed by atoms with E-state index in [0.29, 0.717) is 0 Å². The van der Waals surface area contributed by atoms with Gasteiger partial charge in [-0.25, -0.2) is 0 Å². The lowest BCUT2D eigenvalue weighted by molar-refractivity contribution is -0.120. The summed E-state index contributed by atoms with van der Waals surface area (Å²) < 4.78 is 22.0. The summed E-state index contributed by atoms with van der Waals surface area (Å²) in [5.74, 6) is -0.608. The van der Waals surface area contributed by atoms with E-state index in [1.807, 2.05) is 0 Å². The Kier molecular flexibility index (Phi) is 6.69. The van der Waals surface area contributed by atoms with E-state index in [1.54, 1.807) is 27.7 Å². The SMILES string of the molecule is CCOP(=O)(OCC)[C@H](Cl)C(=O)C(C)C. The standard InChI is InChI=1S/C9H18ClO4P/c1-5-13-15(12,14-6-2)9(10)8(11)7(3)4/h7,9H,5-6H2,1-4H3/t9-/m0/s1. The third-order valence-corrected chi connectivity index (χ3v) is 4.68. The van der Waals surface area contributed by atoms with Gasteiger partial charge in [0.25, 0.3) is 0 Å². The number of rotatable bonds is 7. The maximum atomic E-state index is 12.1. The summed E-state index contributed by atoms with van der Waals surface area (Å²) in [6, 6.07) is 0. The fraction of sp³-hybridized carbons (Fsp3) is 0.889. The third kappa shape index (κ3) is 4.23. The fourth-order valence-corrected chi connectivity index (χ4v) is 3.21. The summed E-state index contributed by atoms with van der Waals surface area (Å²) in [7, 11) is -3.50. The summed E-state index contributed by atoms with van der Waals surface area (Å²) >= 11 is 5.83. The first kappa shape index (κ1) is 15.1. The minimum atomic E-state index is -3.50. The largest absolute Gasteiger partial charge is 0.355 e. The lowest BCUT2D eigenvalue weighted by atomic mass is 10.1. The van der Waals surface area contributed by atoms with Gasteiger partial charge in [0.15, 0.2) is 10.9 Å². The zero-order valence-electron chi connectivity index (χ0n) is 9.53. The van der Waals surface area contributed by atoms with Crippen LogP contribution >= 0.6 is 19.2 Å². The van der Waals surface area contributed by atoms with Crippen LogP contribution in [0.5, 0.6) is 0 Å². The van der Waals surface area contributed by atoms with Crippen molar-refractivity contribution in [2.45, 2.75) is 32.8 Å². The van der Waals surface area contributed by atoms with Crippen molar-refractivity contribution in [1.29, 1.82) is 0 Å². The van der Waals surface area contributed by atoms with Crippen LogP contribution in [0, 0.1) is 5.92 Å². The van der Waals surface area contributed by atoms with Crippen molar-refractivity contribution >= 4 is 25.0 Å². The Balaban J connectivity index is 4.76. The number of carbonyl (C=O) groups excluding carboxylic acids is 1. The smallest absolute Gasteiger partial charge is 0.308 e. The van der Waals surface area contributed by atoms with Crippen LogP contribution in [0.2, 0.25) is 0 Å². The molecule has 0 aliphatic carbocycles. The second kappa shape index (κ2) is 6.64. The molecule has 6 heteroatoms. The summed E-state index contributed by atoms with van der Waals surface area (Å²) in [5, 5.41) is -1.21. The summed E-state index contributed by atoms with van der Waals surface area (Å²) in [6.45, 7) is 7.14. The van der Waals surface area contributed by atoms with E-state index < -0.39 is 12.7 Å². The van der Waals surface area contributed by atoms with Crippen molar-refractivity contribution < 1.29 is 18.4 Å². The lowest BCUT2D eigenvalue weighted by Crippen LogP contribution is -2.22. The van der Waals surface area contributed by atoms with E-state index in [4.69, 9.17) is 20.6 Å². The highest BCUT2D eigenvalue weighted by Crippen LogP contribution is 2.55. The first-order valence-corrected chi connectivity index (χ1v) is 7.00. The minimum Gasteiger partial charge on any atom is -0.308 e. The highest BCUT2D eigenvalue weighted by atomic mass is 35.5. The van der Waals surface area contributed by atoms with Crippen LogP contribution in [0.1, 0.15) is 27.7 Å². The molecule has 0 amide bonds. The predicted octanol–water partition coefficient (Wildman–Crippen LogP) is 3.04. The zero-order chi connectivity index (χ0) is 12.1. The molecule has 0 aromatic rings. The number of carbonyl (C=O) groups is 1. The normalized spacial score (nSPS) is 14.3. The molecule has 0 saturated carbocycles. The summed E-state index contributed by atoms with van der Waals surface area (Å²) in [4.78, 5) is 11.6. The first-order chi connectivity index (χ1) is 6.89. The average molecular weight is 257 g/mol. The Morgan fingerprint density at radius 2 is 1.67 bits per heavy atom. The molecule has 90 valence electrons. The lowest BCUT2D eigenvalue weighted by Gasteiger charge is -2.21. The molecule has 0 aliphatic heterocycles. The van der Waals surface area contributed by atoms with Crippen LogP contribution in [0.15, 0.2) is 0 Å². The molecule has 0 aromatic carbocycles. The molecular weight excluding hydrogens is 239 g/mol. The van der Waals surface area contributed by atoms with E-state index in [2.05, 4.69) is 0 Å². The van der Waals surface area contributed by atoms with Crippen LogP contribution in [0.4, 0.5) is 0 Å². The van der Waals surface area contributed by atoms with Crippen molar-refractivity contribution in [3.05, 3.63) is 0 Å². The molecular formula is C9H18ClO4P.